The quantitative estimate of drug-likeness (QED) is 0.831. The lowest BCUT2D eigenvalue weighted by atomic mass is 10.1. The predicted molar refractivity (Wildman–Crippen MR) is 65.7 cm³/mol. The molecule has 96 valence electrons. The number of rotatable bonds is 6. The standard InChI is InChI=1S/C13H20F2N2/c1-3-7-17(4-2)9-13(16)11-6-5-10(14)8-12(11)15/h5-6,8,13H,3-4,7,9,16H2,1-2H3. The van der Waals surface area contributed by atoms with Crippen LogP contribution in [0.15, 0.2) is 18.2 Å². The van der Waals surface area contributed by atoms with Gasteiger partial charge in [0.15, 0.2) is 0 Å². The van der Waals surface area contributed by atoms with Crippen LogP contribution < -0.4 is 5.73 Å². The minimum atomic E-state index is -0.570. The second-order valence-electron chi connectivity index (χ2n) is 4.17. The third-order valence-corrected chi connectivity index (χ3v) is 2.80. The average Bonchev–Trinajstić information content (AvgIpc) is 2.28. The van der Waals surface area contributed by atoms with Gasteiger partial charge in [0.1, 0.15) is 11.6 Å². The molecule has 1 unspecified atom stereocenters. The molecular weight excluding hydrogens is 222 g/mol. The molecule has 0 spiro atoms. The topological polar surface area (TPSA) is 29.3 Å². The maximum absolute atomic E-state index is 13.5. The Balaban J connectivity index is 2.71. The fourth-order valence-electron chi connectivity index (χ4n) is 1.87. The van der Waals surface area contributed by atoms with Crippen molar-refractivity contribution in [2.24, 2.45) is 5.73 Å². The first-order chi connectivity index (χ1) is 8.08. The predicted octanol–water partition coefficient (Wildman–Crippen LogP) is 2.70. The van der Waals surface area contributed by atoms with Crippen LogP contribution >= 0.6 is 0 Å². The lowest BCUT2D eigenvalue weighted by Crippen LogP contribution is -2.33. The van der Waals surface area contributed by atoms with Crippen LogP contribution in [0.5, 0.6) is 0 Å². The van der Waals surface area contributed by atoms with E-state index in [0.717, 1.165) is 25.6 Å². The highest BCUT2D eigenvalue weighted by molar-refractivity contribution is 5.22. The summed E-state index contributed by atoms with van der Waals surface area (Å²) in [4.78, 5) is 2.16. The molecule has 0 radical (unpaired) electrons. The van der Waals surface area contributed by atoms with Crippen molar-refractivity contribution < 1.29 is 8.78 Å². The number of hydrogen-bond acceptors (Lipinski definition) is 2. The Hall–Kier alpha value is -1.00. The first-order valence-corrected chi connectivity index (χ1v) is 6.01. The SMILES string of the molecule is CCCN(CC)CC(N)c1ccc(F)cc1F. The van der Waals surface area contributed by atoms with E-state index in [1.54, 1.807) is 0 Å². The van der Waals surface area contributed by atoms with Gasteiger partial charge in [-0.2, -0.15) is 0 Å². The summed E-state index contributed by atoms with van der Waals surface area (Å²) in [5.41, 5.74) is 6.32. The Morgan fingerprint density at radius 2 is 2.00 bits per heavy atom. The highest BCUT2D eigenvalue weighted by atomic mass is 19.1. The molecule has 0 fully saturated rings. The van der Waals surface area contributed by atoms with E-state index in [4.69, 9.17) is 5.73 Å². The summed E-state index contributed by atoms with van der Waals surface area (Å²) in [7, 11) is 0. The summed E-state index contributed by atoms with van der Waals surface area (Å²) < 4.78 is 26.3. The van der Waals surface area contributed by atoms with Crippen molar-refractivity contribution >= 4 is 0 Å². The molecule has 1 atom stereocenters. The minimum absolute atomic E-state index is 0.376. The average molecular weight is 242 g/mol. The Labute approximate surface area is 101 Å². The second-order valence-corrected chi connectivity index (χ2v) is 4.17. The van der Waals surface area contributed by atoms with Crippen LogP contribution in [0, 0.1) is 11.6 Å². The van der Waals surface area contributed by atoms with Gasteiger partial charge in [-0.15, -0.1) is 0 Å². The fraction of sp³-hybridized carbons (Fsp3) is 0.538. The van der Waals surface area contributed by atoms with E-state index < -0.39 is 17.7 Å². The maximum atomic E-state index is 13.5. The van der Waals surface area contributed by atoms with Gasteiger partial charge in [0.25, 0.3) is 0 Å². The first-order valence-electron chi connectivity index (χ1n) is 6.01. The molecule has 1 rings (SSSR count). The Kier molecular flexibility index (Phi) is 5.51. The number of hydrogen-bond donors (Lipinski definition) is 1. The lowest BCUT2D eigenvalue weighted by molar-refractivity contribution is 0.269. The van der Waals surface area contributed by atoms with Gasteiger partial charge in [0.2, 0.25) is 0 Å². The molecule has 0 aliphatic heterocycles. The minimum Gasteiger partial charge on any atom is -0.323 e. The molecule has 0 aromatic heterocycles. The molecule has 0 amide bonds. The molecule has 1 aromatic rings. The van der Waals surface area contributed by atoms with Gasteiger partial charge in [-0.25, -0.2) is 8.78 Å². The second kappa shape index (κ2) is 6.67. The fourth-order valence-corrected chi connectivity index (χ4v) is 1.87. The maximum Gasteiger partial charge on any atom is 0.130 e. The van der Waals surface area contributed by atoms with E-state index in [2.05, 4.69) is 11.8 Å². The summed E-state index contributed by atoms with van der Waals surface area (Å²) in [5.74, 6) is -1.13. The van der Waals surface area contributed by atoms with E-state index >= 15 is 0 Å². The molecule has 0 bridgehead atoms. The van der Waals surface area contributed by atoms with Crippen molar-refractivity contribution in [2.45, 2.75) is 26.3 Å². The van der Waals surface area contributed by atoms with Crippen LogP contribution in [0.3, 0.4) is 0 Å². The summed E-state index contributed by atoms with van der Waals surface area (Å²) in [6.45, 7) is 6.54. The van der Waals surface area contributed by atoms with Gasteiger partial charge in [0.05, 0.1) is 0 Å². The number of nitrogens with zero attached hydrogens (tertiary/aromatic N) is 1. The molecule has 17 heavy (non-hydrogen) atoms. The van der Waals surface area contributed by atoms with Gasteiger partial charge in [-0.05, 0) is 25.6 Å². The smallest absolute Gasteiger partial charge is 0.130 e. The molecule has 0 aliphatic rings. The molecule has 0 saturated heterocycles. The van der Waals surface area contributed by atoms with Crippen molar-refractivity contribution in [3.8, 4) is 0 Å². The molecule has 0 aliphatic carbocycles. The molecular formula is C13H20F2N2. The normalized spacial score (nSPS) is 13.1. The van der Waals surface area contributed by atoms with Crippen molar-refractivity contribution in [2.75, 3.05) is 19.6 Å². The number of halogens is 2. The Bertz CT molecular complexity index is 355. The highest BCUT2D eigenvalue weighted by Crippen LogP contribution is 2.17. The van der Waals surface area contributed by atoms with Gasteiger partial charge in [-0.1, -0.05) is 19.9 Å². The zero-order valence-corrected chi connectivity index (χ0v) is 10.4. The zero-order chi connectivity index (χ0) is 12.8. The molecule has 1 aromatic carbocycles. The van der Waals surface area contributed by atoms with Gasteiger partial charge in [-0.3, -0.25) is 0 Å². The van der Waals surface area contributed by atoms with E-state index in [-0.39, 0.29) is 0 Å². The van der Waals surface area contributed by atoms with E-state index in [0.29, 0.717) is 12.1 Å². The lowest BCUT2D eigenvalue weighted by Gasteiger charge is -2.24. The third kappa shape index (κ3) is 4.06. The highest BCUT2D eigenvalue weighted by Gasteiger charge is 2.14. The van der Waals surface area contributed by atoms with Crippen molar-refractivity contribution in [1.29, 1.82) is 0 Å². The van der Waals surface area contributed by atoms with Crippen LogP contribution in [0.25, 0.3) is 0 Å². The molecule has 0 heterocycles. The molecule has 0 saturated carbocycles. The molecule has 4 heteroatoms. The van der Waals surface area contributed by atoms with Crippen molar-refractivity contribution in [1.82, 2.24) is 4.90 Å². The number of nitrogens with two attached hydrogens (primary N) is 1. The van der Waals surface area contributed by atoms with Crippen LogP contribution in [0.2, 0.25) is 0 Å². The summed E-state index contributed by atoms with van der Waals surface area (Å²) >= 11 is 0. The molecule has 2 N–H and O–H groups in total. The number of likely N-dealkylation sites (N-methyl/N-ethyl adjacent to an activating group) is 1. The van der Waals surface area contributed by atoms with E-state index in [1.807, 2.05) is 6.92 Å². The number of benzene rings is 1. The van der Waals surface area contributed by atoms with E-state index in [1.165, 1.54) is 12.1 Å². The van der Waals surface area contributed by atoms with Crippen LogP contribution in [-0.4, -0.2) is 24.5 Å². The van der Waals surface area contributed by atoms with Crippen LogP contribution in [0.1, 0.15) is 31.9 Å². The summed E-state index contributed by atoms with van der Waals surface area (Å²) in [6, 6.07) is 3.14. The Morgan fingerprint density at radius 1 is 1.29 bits per heavy atom. The molecule has 2 nitrogen and oxygen atoms in total. The van der Waals surface area contributed by atoms with E-state index in [9.17, 15) is 8.78 Å². The summed E-state index contributed by atoms with van der Waals surface area (Å²) in [6.07, 6.45) is 1.03. The largest absolute Gasteiger partial charge is 0.323 e. The van der Waals surface area contributed by atoms with Gasteiger partial charge in [0, 0.05) is 24.2 Å². The van der Waals surface area contributed by atoms with Crippen molar-refractivity contribution in [3.05, 3.63) is 35.4 Å². The van der Waals surface area contributed by atoms with Crippen molar-refractivity contribution in [3.63, 3.8) is 0 Å². The van der Waals surface area contributed by atoms with Gasteiger partial charge >= 0.3 is 0 Å². The zero-order valence-electron chi connectivity index (χ0n) is 10.4. The Morgan fingerprint density at radius 3 is 2.53 bits per heavy atom. The van der Waals surface area contributed by atoms with Crippen LogP contribution in [-0.2, 0) is 0 Å². The summed E-state index contributed by atoms with van der Waals surface area (Å²) in [5, 5.41) is 0. The van der Waals surface area contributed by atoms with Gasteiger partial charge < -0.3 is 10.6 Å². The first kappa shape index (κ1) is 14.1. The van der Waals surface area contributed by atoms with Crippen LogP contribution in [0.4, 0.5) is 8.78 Å². The monoisotopic (exact) mass is 242 g/mol. The third-order valence-electron chi connectivity index (χ3n) is 2.80.